The lowest BCUT2D eigenvalue weighted by atomic mass is 9.84. The smallest absolute Gasteiger partial charge is 0.0705 e. The number of pyridine rings is 1. The molecule has 0 saturated heterocycles. The average Bonchev–Trinajstić information content (AvgIpc) is 3.03. The second-order valence-electron chi connectivity index (χ2n) is 10.8. The maximum atomic E-state index is 4.87. The minimum Gasteiger partial charge on any atom is -0.253 e. The van der Waals surface area contributed by atoms with E-state index in [1.165, 1.54) is 65.3 Å². The second-order valence-corrected chi connectivity index (χ2v) is 10.8. The molecule has 0 amide bonds. The zero-order chi connectivity index (χ0) is 27.3. The maximum Gasteiger partial charge on any atom is 0.0705 e. The molecule has 0 spiro atoms. The van der Waals surface area contributed by atoms with Crippen molar-refractivity contribution in [1.29, 1.82) is 0 Å². The zero-order valence-corrected chi connectivity index (χ0v) is 22.8. The first-order valence-corrected chi connectivity index (χ1v) is 14.1. The van der Waals surface area contributed by atoms with Gasteiger partial charge in [-0.25, -0.2) is 0 Å². The Kier molecular flexibility index (Phi) is 5.43. The van der Waals surface area contributed by atoms with Gasteiger partial charge >= 0.3 is 0 Å². The van der Waals surface area contributed by atoms with Crippen LogP contribution < -0.4 is 0 Å². The van der Waals surface area contributed by atoms with E-state index in [2.05, 4.69) is 153 Å². The number of benzene rings is 7. The summed E-state index contributed by atoms with van der Waals surface area (Å²) in [5, 5.41) is 10.0. The standard InChI is InChI=1S/C40H27N/c1-26-9-8-16-38(41-26)31-21-22-36-37(25-31)40(33-20-18-28-11-3-5-13-30(28)24-33)35-15-7-6-14-34(35)39(36)32-19-17-27-10-2-4-12-29(27)23-32/h2-25H,1H3. The van der Waals surface area contributed by atoms with E-state index in [9.17, 15) is 0 Å². The molecule has 1 heteroatoms. The van der Waals surface area contributed by atoms with Crippen LogP contribution in [-0.2, 0) is 0 Å². The minimum absolute atomic E-state index is 0.997. The number of nitrogens with zero attached hydrogens (tertiary/aromatic N) is 1. The molecule has 1 heterocycles. The number of aromatic nitrogens is 1. The lowest BCUT2D eigenvalue weighted by Crippen LogP contribution is -1.93. The van der Waals surface area contributed by atoms with Crippen LogP contribution in [0, 0.1) is 6.92 Å². The monoisotopic (exact) mass is 521 g/mol. The molecule has 0 atom stereocenters. The minimum atomic E-state index is 0.997. The summed E-state index contributed by atoms with van der Waals surface area (Å²) in [5.41, 5.74) is 8.14. The van der Waals surface area contributed by atoms with Gasteiger partial charge in [0.25, 0.3) is 0 Å². The second kappa shape index (κ2) is 9.43. The van der Waals surface area contributed by atoms with Crippen molar-refractivity contribution in [3.8, 4) is 33.5 Å². The largest absolute Gasteiger partial charge is 0.253 e. The van der Waals surface area contributed by atoms with Crippen LogP contribution in [0.25, 0.3) is 76.6 Å². The van der Waals surface area contributed by atoms with E-state index in [4.69, 9.17) is 4.98 Å². The molecule has 8 aromatic rings. The van der Waals surface area contributed by atoms with Gasteiger partial charge in [0.15, 0.2) is 0 Å². The Morgan fingerprint density at radius 3 is 1.49 bits per heavy atom. The van der Waals surface area contributed by atoms with E-state index in [0.717, 1.165) is 17.0 Å². The fraction of sp³-hybridized carbons (Fsp3) is 0.0250. The Labute approximate surface area is 239 Å². The van der Waals surface area contributed by atoms with Crippen molar-refractivity contribution in [3.05, 3.63) is 151 Å². The molecule has 0 aliphatic heterocycles. The summed E-state index contributed by atoms with van der Waals surface area (Å²) >= 11 is 0. The molecule has 0 aliphatic rings. The number of hydrogen-bond acceptors (Lipinski definition) is 1. The van der Waals surface area contributed by atoms with Gasteiger partial charge in [-0.3, -0.25) is 4.98 Å². The predicted molar refractivity (Wildman–Crippen MR) is 175 cm³/mol. The van der Waals surface area contributed by atoms with Crippen LogP contribution in [0.3, 0.4) is 0 Å². The molecular formula is C40H27N. The predicted octanol–water partition coefficient (Wildman–Crippen LogP) is 11.0. The molecule has 0 N–H and O–H groups in total. The van der Waals surface area contributed by atoms with E-state index in [1.54, 1.807) is 0 Å². The number of fused-ring (bicyclic) bond motifs is 4. The SMILES string of the molecule is Cc1cccc(-c2ccc3c(-c4ccc5ccccc5c4)c4ccccc4c(-c4ccc5ccccc5c4)c3c2)n1. The summed E-state index contributed by atoms with van der Waals surface area (Å²) in [4.78, 5) is 4.87. The third-order valence-corrected chi connectivity index (χ3v) is 8.28. The van der Waals surface area contributed by atoms with Crippen LogP contribution in [0.4, 0.5) is 0 Å². The summed E-state index contributed by atoms with van der Waals surface area (Å²) in [6, 6.07) is 52.9. The summed E-state index contributed by atoms with van der Waals surface area (Å²) in [7, 11) is 0. The topological polar surface area (TPSA) is 12.9 Å². The molecule has 41 heavy (non-hydrogen) atoms. The normalized spacial score (nSPS) is 11.5. The molecule has 0 radical (unpaired) electrons. The van der Waals surface area contributed by atoms with Gasteiger partial charge in [0, 0.05) is 11.3 Å². The Balaban J connectivity index is 1.51. The highest BCUT2D eigenvalue weighted by Gasteiger charge is 2.18. The van der Waals surface area contributed by atoms with Crippen molar-refractivity contribution < 1.29 is 0 Å². The van der Waals surface area contributed by atoms with Crippen LogP contribution in [0.15, 0.2) is 146 Å². The quantitative estimate of drug-likeness (QED) is 0.211. The molecule has 0 bridgehead atoms. The first kappa shape index (κ1) is 23.6. The lowest BCUT2D eigenvalue weighted by Gasteiger charge is -2.19. The van der Waals surface area contributed by atoms with Gasteiger partial charge in [-0.2, -0.15) is 0 Å². The van der Waals surface area contributed by atoms with Crippen LogP contribution in [0.2, 0.25) is 0 Å². The van der Waals surface area contributed by atoms with Crippen molar-refractivity contribution in [2.24, 2.45) is 0 Å². The first-order chi connectivity index (χ1) is 20.2. The van der Waals surface area contributed by atoms with Crippen LogP contribution in [0.1, 0.15) is 5.69 Å². The molecule has 8 rings (SSSR count). The molecular weight excluding hydrogens is 494 g/mol. The molecule has 0 unspecified atom stereocenters. The van der Waals surface area contributed by atoms with E-state index in [0.29, 0.717) is 0 Å². The molecule has 0 fully saturated rings. The highest BCUT2D eigenvalue weighted by Crippen LogP contribution is 2.45. The van der Waals surface area contributed by atoms with Crippen molar-refractivity contribution in [2.75, 3.05) is 0 Å². The highest BCUT2D eigenvalue weighted by atomic mass is 14.7. The number of hydrogen-bond donors (Lipinski definition) is 0. The third kappa shape index (κ3) is 3.98. The molecule has 192 valence electrons. The van der Waals surface area contributed by atoms with Crippen molar-refractivity contribution in [3.63, 3.8) is 0 Å². The van der Waals surface area contributed by atoms with Gasteiger partial charge < -0.3 is 0 Å². The lowest BCUT2D eigenvalue weighted by molar-refractivity contribution is 1.21. The summed E-state index contributed by atoms with van der Waals surface area (Å²) in [6.45, 7) is 2.05. The van der Waals surface area contributed by atoms with Gasteiger partial charge in [0.2, 0.25) is 0 Å². The summed E-state index contributed by atoms with van der Waals surface area (Å²) in [6.07, 6.45) is 0. The van der Waals surface area contributed by atoms with Crippen LogP contribution in [0.5, 0.6) is 0 Å². The van der Waals surface area contributed by atoms with Crippen molar-refractivity contribution in [1.82, 2.24) is 4.98 Å². The van der Waals surface area contributed by atoms with E-state index < -0.39 is 0 Å². The van der Waals surface area contributed by atoms with Crippen molar-refractivity contribution in [2.45, 2.75) is 6.92 Å². The highest BCUT2D eigenvalue weighted by molar-refractivity contribution is 6.22. The molecule has 0 saturated carbocycles. The van der Waals surface area contributed by atoms with Crippen molar-refractivity contribution >= 4 is 43.1 Å². The van der Waals surface area contributed by atoms with Gasteiger partial charge in [0.1, 0.15) is 0 Å². The molecule has 1 aromatic heterocycles. The molecule has 7 aromatic carbocycles. The molecule has 1 nitrogen and oxygen atoms in total. The van der Waals surface area contributed by atoms with Crippen LogP contribution >= 0.6 is 0 Å². The summed E-state index contributed by atoms with van der Waals surface area (Å²) in [5.74, 6) is 0. The Hall–Kier alpha value is -5.27. The summed E-state index contributed by atoms with van der Waals surface area (Å²) < 4.78 is 0. The first-order valence-electron chi connectivity index (χ1n) is 14.1. The Morgan fingerprint density at radius 2 is 0.878 bits per heavy atom. The maximum absolute atomic E-state index is 4.87. The molecule has 0 aliphatic carbocycles. The average molecular weight is 522 g/mol. The third-order valence-electron chi connectivity index (χ3n) is 8.28. The van der Waals surface area contributed by atoms with E-state index in [-0.39, 0.29) is 0 Å². The fourth-order valence-corrected chi connectivity index (χ4v) is 6.35. The van der Waals surface area contributed by atoms with Crippen LogP contribution in [-0.4, -0.2) is 4.98 Å². The number of aryl methyl sites for hydroxylation is 1. The van der Waals surface area contributed by atoms with Gasteiger partial charge in [-0.05, 0) is 103 Å². The van der Waals surface area contributed by atoms with Gasteiger partial charge in [-0.15, -0.1) is 0 Å². The zero-order valence-electron chi connectivity index (χ0n) is 22.8. The number of rotatable bonds is 3. The Bertz CT molecular complexity index is 2270. The fourth-order valence-electron chi connectivity index (χ4n) is 6.35. The van der Waals surface area contributed by atoms with E-state index in [1.807, 2.05) is 0 Å². The Morgan fingerprint density at radius 1 is 0.366 bits per heavy atom. The van der Waals surface area contributed by atoms with E-state index >= 15 is 0 Å². The van der Waals surface area contributed by atoms with Gasteiger partial charge in [0.05, 0.1) is 5.69 Å². The van der Waals surface area contributed by atoms with Gasteiger partial charge in [-0.1, -0.05) is 115 Å².